The maximum absolute atomic E-state index is 11.9. The Kier molecular flexibility index (Phi) is 3.21. The number of hydrogen-bond donors (Lipinski definition) is 2. The summed E-state index contributed by atoms with van der Waals surface area (Å²) in [7, 11) is 0. The molecule has 0 saturated heterocycles. The Bertz CT molecular complexity index is 495. The van der Waals surface area contributed by atoms with E-state index in [0.29, 0.717) is 19.3 Å². The summed E-state index contributed by atoms with van der Waals surface area (Å²) in [5.74, 6) is -0.147. The lowest BCUT2D eigenvalue weighted by Crippen LogP contribution is -2.49. The second kappa shape index (κ2) is 5.01. The molecule has 2 N–H and O–H groups in total. The molecule has 0 spiro atoms. The number of oxime groups is 1. The minimum Gasteiger partial charge on any atom is -0.393 e. The van der Waals surface area contributed by atoms with Crippen molar-refractivity contribution >= 4 is 11.6 Å². The number of nitrogens with one attached hydrogen (secondary N) is 1. The van der Waals surface area contributed by atoms with E-state index in [1.807, 2.05) is 30.3 Å². The molecule has 3 rings (SSSR count). The Morgan fingerprint density at radius 2 is 2.05 bits per heavy atom. The second-order valence-corrected chi connectivity index (χ2v) is 5.03. The second-order valence-electron chi connectivity index (χ2n) is 5.03. The molecule has 1 fully saturated rings. The van der Waals surface area contributed by atoms with Crippen LogP contribution in [0, 0.1) is 0 Å². The molecule has 5 heteroatoms. The van der Waals surface area contributed by atoms with Gasteiger partial charge < -0.3 is 15.3 Å². The van der Waals surface area contributed by atoms with Crippen LogP contribution in [0.15, 0.2) is 35.5 Å². The first-order valence-electron chi connectivity index (χ1n) is 6.49. The van der Waals surface area contributed by atoms with Crippen molar-refractivity contribution in [1.29, 1.82) is 0 Å². The molecule has 1 atom stereocenters. The third kappa shape index (κ3) is 2.61. The Labute approximate surface area is 111 Å². The smallest absolute Gasteiger partial charge is 0.264 e. The molecule has 1 aliphatic heterocycles. The molecule has 1 aromatic carbocycles. The van der Waals surface area contributed by atoms with Gasteiger partial charge in [-0.15, -0.1) is 0 Å². The maximum atomic E-state index is 11.9. The summed E-state index contributed by atoms with van der Waals surface area (Å²) >= 11 is 0. The molecule has 5 nitrogen and oxygen atoms in total. The summed E-state index contributed by atoms with van der Waals surface area (Å²) in [6.07, 6.45) is 0.930. The standard InChI is InChI=1S/C14H16N2O3/c17-11-6-10(7-11)15-14(18)13-8-12(16-19-13)9-4-2-1-3-5-9/h1-5,10-11,13,17H,6-8H2,(H,15,18). The molecular weight excluding hydrogens is 244 g/mol. The van der Waals surface area contributed by atoms with Gasteiger partial charge in [-0.25, -0.2) is 0 Å². The van der Waals surface area contributed by atoms with Crippen LogP contribution >= 0.6 is 0 Å². The number of benzene rings is 1. The van der Waals surface area contributed by atoms with Crippen molar-refractivity contribution in [3.05, 3.63) is 35.9 Å². The molecule has 0 bridgehead atoms. The van der Waals surface area contributed by atoms with Gasteiger partial charge in [-0.1, -0.05) is 35.5 Å². The molecule has 0 aromatic heterocycles. The lowest BCUT2D eigenvalue weighted by Gasteiger charge is -2.32. The van der Waals surface area contributed by atoms with E-state index in [0.717, 1.165) is 11.3 Å². The normalized spacial score (nSPS) is 29.1. The van der Waals surface area contributed by atoms with Crippen molar-refractivity contribution in [3.8, 4) is 0 Å². The lowest BCUT2D eigenvalue weighted by atomic mass is 9.89. The molecule has 19 heavy (non-hydrogen) atoms. The Hall–Kier alpha value is -1.88. The highest BCUT2D eigenvalue weighted by molar-refractivity contribution is 6.04. The van der Waals surface area contributed by atoms with Crippen LogP contribution < -0.4 is 5.32 Å². The van der Waals surface area contributed by atoms with E-state index in [9.17, 15) is 9.90 Å². The van der Waals surface area contributed by atoms with E-state index in [2.05, 4.69) is 10.5 Å². The number of aliphatic hydroxyl groups excluding tert-OH is 1. The zero-order valence-electron chi connectivity index (χ0n) is 10.5. The van der Waals surface area contributed by atoms with E-state index in [-0.39, 0.29) is 18.1 Å². The first-order valence-corrected chi connectivity index (χ1v) is 6.49. The molecule has 0 radical (unpaired) electrons. The van der Waals surface area contributed by atoms with E-state index in [4.69, 9.17) is 4.84 Å². The fourth-order valence-electron chi connectivity index (χ4n) is 2.32. The molecular formula is C14H16N2O3. The van der Waals surface area contributed by atoms with Gasteiger partial charge in [-0.05, 0) is 18.4 Å². The van der Waals surface area contributed by atoms with Crippen LogP contribution in [0.25, 0.3) is 0 Å². The Morgan fingerprint density at radius 3 is 2.74 bits per heavy atom. The van der Waals surface area contributed by atoms with E-state index >= 15 is 0 Å². The first-order chi connectivity index (χ1) is 9.22. The average Bonchev–Trinajstić information content (AvgIpc) is 2.87. The quantitative estimate of drug-likeness (QED) is 0.845. The predicted molar refractivity (Wildman–Crippen MR) is 69.6 cm³/mol. The third-order valence-electron chi connectivity index (χ3n) is 3.53. The minimum absolute atomic E-state index is 0.0758. The number of nitrogens with zero attached hydrogens (tertiary/aromatic N) is 1. The summed E-state index contributed by atoms with van der Waals surface area (Å²) in [6, 6.07) is 9.77. The highest BCUT2D eigenvalue weighted by atomic mass is 16.6. The van der Waals surface area contributed by atoms with Gasteiger partial charge in [0, 0.05) is 12.5 Å². The zero-order valence-corrected chi connectivity index (χ0v) is 10.5. The van der Waals surface area contributed by atoms with Crippen LogP contribution in [-0.4, -0.2) is 35.0 Å². The van der Waals surface area contributed by atoms with Gasteiger partial charge in [0.15, 0.2) is 0 Å². The Morgan fingerprint density at radius 1 is 1.32 bits per heavy atom. The van der Waals surface area contributed by atoms with Crippen molar-refractivity contribution in [1.82, 2.24) is 5.32 Å². The number of carbonyl (C=O) groups excluding carboxylic acids is 1. The van der Waals surface area contributed by atoms with Gasteiger partial charge in [0.1, 0.15) is 0 Å². The first kappa shape index (κ1) is 12.2. The van der Waals surface area contributed by atoms with Gasteiger partial charge in [0.25, 0.3) is 5.91 Å². The summed E-state index contributed by atoms with van der Waals surface area (Å²) in [4.78, 5) is 17.1. The number of carbonyl (C=O) groups is 1. The zero-order chi connectivity index (χ0) is 13.2. The molecule has 1 aliphatic carbocycles. The molecule has 1 amide bonds. The highest BCUT2D eigenvalue weighted by Gasteiger charge is 2.34. The van der Waals surface area contributed by atoms with Crippen LogP contribution in [0.3, 0.4) is 0 Å². The number of amides is 1. The van der Waals surface area contributed by atoms with Crippen LogP contribution in [0.1, 0.15) is 24.8 Å². The maximum Gasteiger partial charge on any atom is 0.264 e. The van der Waals surface area contributed by atoms with Crippen LogP contribution in [0.2, 0.25) is 0 Å². The predicted octanol–water partition coefficient (Wildman–Crippen LogP) is 0.819. The number of hydrogen-bond acceptors (Lipinski definition) is 4. The van der Waals surface area contributed by atoms with Gasteiger partial charge in [-0.2, -0.15) is 0 Å². The largest absolute Gasteiger partial charge is 0.393 e. The number of aliphatic hydroxyl groups is 1. The highest BCUT2D eigenvalue weighted by Crippen LogP contribution is 2.21. The van der Waals surface area contributed by atoms with Crippen molar-refractivity contribution in [2.75, 3.05) is 0 Å². The molecule has 1 aromatic rings. The van der Waals surface area contributed by atoms with Crippen molar-refractivity contribution in [2.45, 2.75) is 37.5 Å². The average molecular weight is 260 g/mol. The fourth-order valence-corrected chi connectivity index (χ4v) is 2.32. The van der Waals surface area contributed by atoms with Crippen LogP contribution in [-0.2, 0) is 9.63 Å². The lowest BCUT2D eigenvalue weighted by molar-refractivity contribution is -0.133. The van der Waals surface area contributed by atoms with E-state index < -0.39 is 6.10 Å². The minimum atomic E-state index is -0.548. The summed E-state index contributed by atoms with van der Waals surface area (Å²) in [5, 5.41) is 16.0. The van der Waals surface area contributed by atoms with E-state index in [1.54, 1.807) is 0 Å². The fraction of sp³-hybridized carbons (Fsp3) is 0.429. The molecule has 1 heterocycles. The topological polar surface area (TPSA) is 70.9 Å². The van der Waals surface area contributed by atoms with Gasteiger partial charge >= 0.3 is 0 Å². The monoisotopic (exact) mass is 260 g/mol. The SMILES string of the molecule is O=C(NC1CC(O)C1)C1CC(c2ccccc2)=NO1. The summed E-state index contributed by atoms with van der Waals surface area (Å²) in [5.41, 5.74) is 1.78. The Balaban J connectivity index is 1.54. The summed E-state index contributed by atoms with van der Waals surface area (Å²) < 4.78 is 0. The van der Waals surface area contributed by atoms with Crippen molar-refractivity contribution in [2.24, 2.45) is 5.16 Å². The van der Waals surface area contributed by atoms with Gasteiger partial charge in [0.05, 0.1) is 11.8 Å². The molecule has 1 saturated carbocycles. The molecule has 1 unspecified atom stereocenters. The summed E-state index contributed by atoms with van der Waals surface area (Å²) in [6.45, 7) is 0. The van der Waals surface area contributed by atoms with Crippen molar-refractivity contribution < 1.29 is 14.7 Å². The van der Waals surface area contributed by atoms with Crippen LogP contribution in [0.5, 0.6) is 0 Å². The van der Waals surface area contributed by atoms with Gasteiger partial charge in [0.2, 0.25) is 6.10 Å². The molecule has 100 valence electrons. The van der Waals surface area contributed by atoms with Crippen LogP contribution in [0.4, 0.5) is 0 Å². The number of rotatable bonds is 3. The van der Waals surface area contributed by atoms with E-state index in [1.165, 1.54) is 0 Å². The molecule has 2 aliphatic rings. The van der Waals surface area contributed by atoms with Crippen molar-refractivity contribution in [3.63, 3.8) is 0 Å². The third-order valence-corrected chi connectivity index (χ3v) is 3.53. The van der Waals surface area contributed by atoms with Gasteiger partial charge in [-0.3, -0.25) is 4.79 Å².